The van der Waals surface area contributed by atoms with Crippen LogP contribution in [-0.4, -0.2) is 23.0 Å². The number of nitrogen functional groups attached to an aromatic ring is 1. The van der Waals surface area contributed by atoms with E-state index in [0.29, 0.717) is 11.7 Å². The monoisotopic (exact) mass is 222 g/mol. The highest BCUT2D eigenvalue weighted by Gasteiger charge is 2.07. The van der Waals surface area contributed by atoms with Crippen LogP contribution in [0.3, 0.4) is 0 Å². The van der Waals surface area contributed by atoms with Gasteiger partial charge in [-0.15, -0.1) is 0 Å². The van der Waals surface area contributed by atoms with E-state index < -0.39 is 0 Å². The van der Waals surface area contributed by atoms with Crippen LogP contribution in [0.5, 0.6) is 0 Å². The van der Waals surface area contributed by atoms with Gasteiger partial charge in [-0.25, -0.2) is 10.8 Å². The third-order valence-electron chi connectivity index (χ3n) is 1.65. The number of hydrogen-bond acceptors (Lipinski definition) is 7. The molecule has 0 aliphatic carbocycles. The fourth-order valence-electron chi connectivity index (χ4n) is 1.04. The number of nitrogens with zero attached hydrogens (tertiary/aromatic N) is 4. The first-order valence-corrected chi connectivity index (χ1v) is 4.99. The van der Waals surface area contributed by atoms with E-state index in [1.807, 2.05) is 12.1 Å². The van der Waals surface area contributed by atoms with Crippen LogP contribution >= 0.6 is 11.3 Å². The van der Waals surface area contributed by atoms with E-state index in [0.717, 1.165) is 4.88 Å². The molecule has 1 rings (SSSR count). The first-order chi connectivity index (χ1) is 7.30. The summed E-state index contributed by atoms with van der Waals surface area (Å²) in [6, 6.07) is 4.02. The van der Waals surface area contributed by atoms with E-state index in [-0.39, 0.29) is 13.1 Å². The van der Waals surface area contributed by atoms with Gasteiger partial charge in [0.25, 0.3) is 0 Å². The largest absolute Gasteiger partial charge is 0.300 e. The predicted molar refractivity (Wildman–Crippen MR) is 56.4 cm³/mol. The molecule has 78 valence electrons. The zero-order chi connectivity index (χ0) is 11.1. The predicted octanol–water partition coefficient (Wildman–Crippen LogP) is 0.278. The van der Waals surface area contributed by atoms with Gasteiger partial charge in [0.15, 0.2) is 5.13 Å². The van der Waals surface area contributed by atoms with Crippen molar-refractivity contribution in [3.05, 3.63) is 11.1 Å². The molecule has 0 atom stereocenters. The average molecular weight is 222 g/mol. The molecule has 0 aromatic carbocycles. The molecular formula is C8H10N6S. The summed E-state index contributed by atoms with van der Waals surface area (Å²) in [7, 11) is 0. The Kier molecular flexibility index (Phi) is 4.51. The zero-order valence-electron chi connectivity index (χ0n) is 7.97. The van der Waals surface area contributed by atoms with Crippen LogP contribution in [0.2, 0.25) is 0 Å². The summed E-state index contributed by atoms with van der Waals surface area (Å²) in [5, 5.41) is 17.7. The second kappa shape index (κ2) is 5.94. The van der Waals surface area contributed by atoms with Gasteiger partial charge >= 0.3 is 0 Å². The Morgan fingerprint density at radius 3 is 2.60 bits per heavy atom. The third kappa shape index (κ3) is 3.52. The Labute approximate surface area is 91.5 Å². The number of rotatable bonds is 5. The Bertz CT molecular complexity index is 371. The molecule has 1 aromatic heterocycles. The van der Waals surface area contributed by atoms with E-state index in [4.69, 9.17) is 16.4 Å². The Hall–Kier alpha value is -1.67. The lowest BCUT2D eigenvalue weighted by molar-refractivity contribution is 0.337. The third-order valence-corrected chi connectivity index (χ3v) is 2.56. The van der Waals surface area contributed by atoms with Crippen molar-refractivity contribution in [3.63, 3.8) is 0 Å². The maximum Gasteiger partial charge on any atom is 0.197 e. The number of aromatic nitrogens is 1. The Balaban J connectivity index is 2.58. The van der Waals surface area contributed by atoms with Crippen molar-refractivity contribution in [3.8, 4) is 12.1 Å². The highest BCUT2D eigenvalue weighted by Crippen LogP contribution is 2.18. The first kappa shape index (κ1) is 11.4. The van der Waals surface area contributed by atoms with Gasteiger partial charge in [0.2, 0.25) is 0 Å². The summed E-state index contributed by atoms with van der Waals surface area (Å²) in [4.78, 5) is 6.69. The summed E-state index contributed by atoms with van der Waals surface area (Å²) in [6.07, 6.45) is 1.68. The molecule has 0 aliphatic rings. The molecule has 6 nitrogen and oxygen atoms in total. The van der Waals surface area contributed by atoms with Crippen molar-refractivity contribution in [2.24, 2.45) is 5.84 Å². The van der Waals surface area contributed by atoms with Crippen molar-refractivity contribution in [1.82, 2.24) is 9.88 Å². The minimum Gasteiger partial charge on any atom is -0.300 e. The molecular weight excluding hydrogens is 212 g/mol. The second-order valence-corrected chi connectivity index (χ2v) is 3.85. The van der Waals surface area contributed by atoms with Crippen LogP contribution in [0, 0.1) is 22.7 Å². The number of anilines is 1. The maximum absolute atomic E-state index is 8.55. The molecule has 0 amide bonds. The minimum atomic E-state index is 0.233. The lowest BCUT2D eigenvalue weighted by atomic mass is 10.4. The SMILES string of the molecule is N#CCN(CC#N)Cc1cnc(NN)s1. The summed E-state index contributed by atoms with van der Waals surface area (Å²) >= 11 is 1.41. The molecule has 0 fully saturated rings. The van der Waals surface area contributed by atoms with Crippen LogP contribution in [-0.2, 0) is 6.54 Å². The first-order valence-electron chi connectivity index (χ1n) is 4.17. The van der Waals surface area contributed by atoms with Crippen molar-refractivity contribution >= 4 is 16.5 Å². The Morgan fingerprint density at radius 2 is 2.13 bits per heavy atom. The van der Waals surface area contributed by atoms with Crippen molar-refractivity contribution < 1.29 is 0 Å². The number of hydrogen-bond donors (Lipinski definition) is 2. The van der Waals surface area contributed by atoms with Crippen LogP contribution in [0.25, 0.3) is 0 Å². The smallest absolute Gasteiger partial charge is 0.197 e. The van der Waals surface area contributed by atoms with Gasteiger partial charge in [0, 0.05) is 17.6 Å². The molecule has 0 radical (unpaired) electrons. The highest BCUT2D eigenvalue weighted by molar-refractivity contribution is 7.15. The van der Waals surface area contributed by atoms with Crippen LogP contribution in [0.15, 0.2) is 6.20 Å². The summed E-state index contributed by atoms with van der Waals surface area (Å²) in [6.45, 7) is 1.01. The number of nitrogens with two attached hydrogens (primary N) is 1. The number of nitriles is 2. The second-order valence-electron chi connectivity index (χ2n) is 2.74. The van der Waals surface area contributed by atoms with Gasteiger partial charge in [-0.2, -0.15) is 10.5 Å². The van der Waals surface area contributed by atoms with E-state index >= 15 is 0 Å². The molecule has 0 aliphatic heterocycles. The molecule has 7 heteroatoms. The van der Waals surface area contributed by atoms with Gasteiger partial charge in [-0.05, 0) is 0 Å². The van der Waals surface area contributed by atoms with Gasteiger partial charge < -0.3 is 0 Å². The van der Waals surface area contributed by atoms with Gasteiger partial charge in [-0.1, -0.05) is 11.3 Å². The number of hydrazine groups is 1. The summed E-state index contributed by atoms with van der Waals surface area (Å²) in [5.74, 6) is 5.19. The quantitative estimate of drug-likeness (QED) is 0.421. The molecule has 1 aromatic rings. The van der Waals surface area contributed by atoms with Gasteiger partial charge in [-0.3, -0.25) is 10.3 Å². The average Bonchev–Trinajstić information content (AvgIpc) is 2.66. The molecule has 15 heavy (non-hydrogen) atoms. The molecule has 3 N–H and O–H groups in total. The van der Waals surface area contributed by atoms with Crippen LogP contribution in [0.1, 0.15) is 4.88 Å². The lowest BCUT2D eigenvalue weighted by Crippen LogP contribution is -2.23. The van der Waals surface area contributed by atoms with E-state index in [2.05, 4.69) is 10.4 Å². The Morgan fingerprint density at radius 1 is 1.47 bits per heavy atom. The van der Waals surface area contributed by atoms with E-state index in [1.165, 1.54) is 11.3 Å². The molecule has 0 spiro atoms. The van der Waals surface area contributed by atoms with E-state index in [9.17, 15) is 0 Å². The standard InChI is InChI=1S/C8H10N6S/c9-1-3-14(4-2-10)6-7-5-12-8(13-11)15-7/h5H,3-4,6,11H2,(H,12,13). The number of thiazole rings is 1. The van der Waals surface area contributed by atoms with Crippen LogP contribution in [0.4, 0.5) is 5.13 Å². The number of nitrogens with one attached hydrogen (secondary N) is 1. The lowest BCUT2D eigenvalue weighted by Gasteiger charge is -2.12. The minimum absolute atomic E-state index is 0.233. The zero-order valence-corrected chi connectivity index (χ0v) is 8.79. The molecule has 0 bridgehead atoms. The fourth-order valence-corrected chi connectivity index (χ4v) is 1.80. The van der Waals surface area contributed by atoms with Crippen molar-refractivity contribution in [1.29, 1.82) is 10.5 Å². The molecule has 0 unspecified atom stereocenters. The van der Waals surface area contributed by atoms with Crippen molar-refractivity contribution in [2.45, 2.75) is 6.54 Å². The summed E-state index contributed by atoms with van der Waals surface area (Å²) < 4.78 is 0. The van der Waals surface area contributed by atoms with Gasteiger partial charge in [0.05, 0.1) is 25.2 Å². The van der Waals surface area contributed by atoms with Gasteiger partial charge in [0.1, 0.15) is 0 Å². The highest BCUT2D eigenvalue weighted by atomic mass is 32.1. The van der Waals surface area contributed by atoms with Crippen LogP contribution < -0.4 is 11.3 Å². The topological polar surface area (TPSA) is 102 Å². The van der Waals surface area contributed by atoms with E-state index in [1.54, 1.807) is 11.1 Å². The molecule has 0 saturated heterocycles. The maximum atomic E-state index is 8.55. The van der Waals surface area contributed by atoms with Crippen molar-refractivity contribution in [2.75, 3.05) is 18.5 Å². The fraction of sp³-hybridized carbons (Fsp3) is 0.375. The normalized spacial score (nSPS) is 9.60. The summed E-state index contributed by atoms with van der Waals surface area (Å²) in [5.41, 5.74) is 2.44. The molecule has 1 heterocycles. The molecule has 0 saturated carbocycles.